The second kappa shape index (κ2) is 15.0. The van der Waals surface area contributed by atoms with E-state index in [4.69, 9.17) is 8.83 Å². The first-order chi connectivity index (χ1) is 33.2. The summed E-state index contributed by atoms with van der Waals surface area (Å²) in [5.74, 6) is 0. The maximum Gasteiger partial charge on any atom is 0.159 e. The van der Waals surface area contributed by atoms with Gasteiger partial charge in [-0.15, -0.1) is 11.3 Å². The second-order valence-electron chi connectivity index (χ2n) is 17.2. The highest BCUT2D eigenvalue weighted by atomic mass is 32.1. The molecule has 314 valence electrons. The number of rotatable bonds is 7. The van der Waals surface area contributed by atoms with Gasteiger partial charge in [-0.2, -0.15) is 0 Å². The molecule has 4 nitrogen and oxygen atoms in total. The van der Waals surface area contributed by atoms with E-state index in [2.05, 4.69) is 222 Å². The molecule has 0 radical (unpaired) electrons. The smallest absolute Gasteiger partial charge is 0.159 e. The van der Waals surface area contributed by atoms with Gasteiger partial charge in [0.05, 0.1) is 11.4 Å². The Morgan fingerprint density at radius 2 is 0.881 bits per heavy atom. The summed E-state index contributed by atoms with van der Waals surface area (Å²) in [6, 6.07) is 82.6. The van der Waals surface area contributed by atoms with Gasteiger partial charge in [0, 0.05) is 81.5 Å². The van der Waals surface area contributed by atoms with Gasteiger partial charge in [0.1, 0.15) is 16.7 Å². The average Bonchev–Trinajstić information content (AvgIpc) is 4.09. The molecule has 0 bridgehead atoms. The van der Waals surface area contributed by atoms with E-state index in [1.165, 1.54) is 41.7 Å². The first-order valence-corrected chi connectivity index (χ1v) is 23.5. The van der Waals surface area contributed by atoms with E-state index >= 15 is 0 Å². The minimum atomic E-state index is 0.859. The third kappa shape index (κ3) is 5.92. The highest BCUT2D eigenvalue weighted by molar-refractivity contribution is 7.27. The maximum atomic E-state index is 6.75. The number of benzene rings is 11. The van der Waals surface area contributed by atoms with E-state index in [9.17, 15) is 0 Å². The van der Waals surface area contributed by atoms with E-state index in [1.54, 1.807) is 0 Å². The van der Waals surface area contributed by atoms with Crippen molar-refractivity contribution in [3.05, 3.63) is 231 Å². The minimum Gasteiger partial charge on any atom is -0.456 e. The van der Waals surface area contributed by atoms with Crippen molar-refractivity contribution >= 4 is 131 Å². The van der Waals surface area contributed by atoms with Crippen molar-refractivity contribution in [3.63, 3.8) is 0 Å². The molecular formula is C62H38N2O2S. The Bertz CT molecular complexity index is 4240. The normalized spacial score (nSPS) is 11.9. The lowest BCUT2D eigenvalue weighted by molar-refractivity contribution is 0.668. The number of para-hydroxylation sites is 5. The molecule has 0 saturated heterocycles. The van der Waals surface area contributed by atoms with Gasteiger partial charge < -0.3 is 18.6 Å². The molecule has 14 aromatic rings. The van der Waals surface area contributed by atoms with E-state index < -0.39 is 0 Å². The summed E-state index contributed by atoms with van der Waals surface area (Å²) in [6.07, 6.45) is 0. The molecule has 0 spiro atoms. The number of furan rings is 2. The molecule has 0 saturated carbocycles. The lowest BCUT2D eigenvalue weighted by Crippen LogP contribution is -2.11. The number of nitrogens with zero attached hydrogens (tertiary/aromatic N) is 2. The molecule has 0 aliphatic rings. The zero-order valence-corrected chi connectivity index (χ0v) is 36.9. The largest absolute Gasteiger partial charge is 0.456 e. The molecule has 0 amide bonds. The van der Waals surface area contributed by atoms with E-state index in [0.29, 0.717) is 0 Å². The molecule has 0 aliphatic carbocycles. The van der Waals surface area contributed by atoms with Gasteiger partial charge in [-0.05, 0) is 94.5 Å². The van der Waals surface area contributed by atoms with Crippen LogP contribution in [0.5, 0.6) is 0 Å². The zero-order valence-electron chi connectivity index (χ0n) is 36.1. The van der Waals surface area contributed by atoms with Crippen molar-refractivity contribution in [1.82, 2.24) is 0 Å². The fourth-order valence-electron chi connectivity index (χ4n) is 10.4. The Balaban J connectivity index is 0.977. The Morgan fingerprint density at radius 3 is 1.69 bits per heavy atom. The van der Waals surface area contributed by atoms with Crippen molar-refractivity contribution in [3.8, 4) is 11.1 Å². The topological polar surface area (TPSA) is 32.8 Å². The molecule has 5 heteroatoms. The van der Waals surface area contributed by atoms with Crippen LogP contribution in [0, 0.1) is 0 Å². The third-order valence-electron chi connectivity index (χ3n) is 13.4. The summed E-state index contributed by atoms with van der Waals surface area (Å²) in [4.78, 5) is 4.73. The number of thiophene rings is 1. The van der Waals surface area contributed by atoms with Crippen LogP contribution >= 0.6 is 11.3 Å². The molecule has 67 heavy (non-hydrogen) atoms. The van der Waals surface area contributed by atoms with Crippen LogP contribution in [0.3, 0.4) is 0 Å². The predicted octanol–water partition coefficient (Wildman–Crippen LogP) is 18.8. The van der Waals surface area contributed by atoms with Crippen molar-refractivity contribution in [1.29, 1.82) is 0 Å². The minimum absolute atomic E-state index is 0.859. The van der Waals surface area contributed by atoms with Crippen LogP contribution in [0.1, 0.15) is 0 Å². The first kappa shape index (κ1) is 37.7. The van der Waals surface area contributed by atoms with Gasteiger partial charge in [0.25, 0.3) is 0 Å². The highest BCUT2D eigenvalue weighted by Gasteiger charge is 2.24. The monoisotopic (exact) mass is 874 g/mol. The van der Waals surface area contributed by atoms with E-state index in [1.807, 2.05) is 29.5 Å². The van der Waals surface area contributed by atoms with E-state index in [-0.39, 0.29) is 0 Å². The van der Waals surface area contributed by atoms with Crippen LogP contribution in [0.4, 0.5) is 34.1 Å². The molecule has 3 heterocycles. The fraction of sp³-hybridized carbons (Fsp3) is 0. The predicted molar refractivity (Wildman–Crippen MR) is 284 cm³/mol. The molecule has 0 unspecified atom stereocenters. The summed E-state index contributed by atoms with van der Waals surface area (Å²) >= 11 is 1.87. The van der Waals surface area contributed by atoms with Gasteiger partial charge in [0.15, 0.2) is 5.58 Å². The quantitative estimate of drug-likeness (QED) is 0.149. The average molecular weight is 875 g/mol. The molecule has 0 N–H and O–H groups in total. The van der Waals surface area contributed by atoms with E-state index in [0.717, 1.165) is 89.1 Å². The molecule has 0 aliphatic heterocycles. The van der Waals surface area contributed by atoms with Crippen LogP contribution in [0.2, 0.25) is 0 Å². The number of hydrogen-bond donors (Lipinski definition) is 0. The summed E-state index contributed by atoms with van der Waals surface area (Å²) in [6.45, 7) is 0. The van der Waals surface area contributed by atoms with Crippen LogP contribution in [0.25, 0.3) is 96.7 Å². The van der Waals surface area contributed by atoms with Gasteiger partial charge >= 0.3 is 0 Å². The Hall–Kier alpha value is -8.64. The van der Waals surface area contributed by atoms with Crippen LogP contribution < -0.4 is 9.80 Å². The Kier molecular flexibility index (Phi) is 8.42. The van der Waals surface area contributed by atoms with Crippen LogP contribution in [-0.4, -0.2) is 0 Å². The van der Waals surface area contributed by atoms with Gasteiger partial charge in [-0.3, -0.25) is 0 Å². The maximum absolute atomic E-state index is 6.75. The van der Waals surface area contributed by atoms with Crippen molar-refractivity contribution in [2.24, 2.45) is 0 Å². The van der Waals surface area contributed by atoms with Crippen molar-refractivity contribution in [2.45, 2.75) is 0 Å². The molecule has 0 fully saturated rings. The van der Waals surface area contributed by atoms with Crippen molar-refractivity contribution < 1.29 is 8.83 Å². The van der Waals surface area contributed by atoms with Crippen LogP contribution in [0.15, 0.2) is 239 Å². The highest BCUT2D eigenvalue weighted by Crippen LogP contribution is 2.50. The number of anilines is 6. The van der Waals surface area contributed by atoms with Gasteiger partial charge in [-0.1, -0.05) is 152 Å². The molecule has 11 aromatic carbocycles. The molecular weight excluding hydrogens is 837 g/mol. The molecule has 3 aromatic heterocycles. The molecule has 0 atom stereocenters. The fourth-order valence-corrected chi connectivity index (χ4v) is 11.7. The summed E-state index contributed by atoms with van der Waals surface area (Å²) < 4.78 is 15.7. The Morgan fingerprint density at radius 1 is 0.313 bits per heavy atom. The zero-order chi connectivity index (χ0) is 44.0. The second-order valence-corrected chi connectivity index (χ2v) is 18.2. The van der Waals surface area contributed by atoms with Crippen LogP contribution in [-0.2, 0) is 0 Å². The van der Waals surface area contributed by atoms with Gasteiger partial charge in [0.2, 0.25) is 0 Å². The number of fused-ring (bicyclic) bond motifs is 14. The van der Waals surface area contributed by atoms with Gasteiger partial charge in [-0.25, -0.2) is 0 Å². The SMILES string of the molecule is c1ccc(-c2ccccc2N(c2ccc3c(c2)sc2c4ccc(N(c5ccccc5)c5ccc6c(c5)oc5ccccc56)cc4c4ccccc4c32)c2cccc3c2oc2ccccc23)cc1. The summed E-state index contributed by atoms with van der Waals surface area (Å²) in [7, 11) is 0. The van der Waals surface area contributed by atoms with Crippen molar-refractivity contribution in [2.75, 3.05) is 9.80 Å². The number of hydrogen-bond acceptors (Lipinski definition) is 5. The standard InChI is InChI=1S/C62H38N2O2S/c1-3-16-39(17-4-1)44-20-9-12-26-54(44)64(55-27-15-25-50-47-23-11-14-29-57(47)66-61(50)55)43-32-35-52-59(38-43)67-62-51-34-31-41(36-53(51)45-21-7-8-24-49(45)60(52)62)63(40-18-5-2-6-19-40)42-30-33-48-46-22-10-13-28-56(46)65-58(48)37-42/h1-38H. The third-order valence-corrected chi connectivity index (χ3v) is 14.6. The summed E-state index contributed by atoms with van der Waals surface area (Å²) in [5, 5.41) is 11.9. The Labute approximate surface area is 389 Å². The molecule has 14 rings (SSSR count). The first-order valence-electron chi connectivity index (χ1n) is 22.7. The lowest BCUT2D eigenvalue weighted by Gasteiger charge is -2.28. The lowest BCUT2D eigenvalue weighted by atomic mass is 9.96. The summed E-state index contributed by atoms with van der Waals surface area (Å²) in [5.41, 5.74) is 12.1.